The van der Waals surface area contributed by atoms with Crippen molar-refractivity contribution in [2.24, 2.45) is 11.7 Å². The lowest BCUT2D eigenvalue weighted by molar-refractivity contribution is -0.119. The largest absolute Gasteiger partial charge is 0.465 e. The lowest BCUT2D eigenvalue weighted by Gasteiger charge is -2.10. The Morgan fingerprint density at radius 3 is 2.67 bits per heavy atom. The molecule has 6 heteroatoms. The van der Waals surface area contributed by atoms with E-state index in [9.17, 15) is 9.59 Å². The molecule has 0 bridgehead atoms. The van der Waals surface area contributed by atoms with Crippen LogP contribution >= 0.6 is 12.4 Å². The molecule has 0 fully saturated rings. The molecule has 0 aliphatic heterocycles. The predicted molar refractivity (Wildman–Crippen MR) is 71.9 cm³/mol. The molecule has 0 spiro atoms. The van der Waals surface area contributed by atoms with Crippen molar-refractivity contribution in [3.8, 4) is 0 Å². The standard InChI is InChI=1S/C12H16N2O3.ClH/c1-8(7-13)11(15)14-10-5-3-4-9(6-10)12(16)17-2;/h3-6,8H,7,13H2,1-2H3,(H,14,15);1H. The highest BCUT2D eigenvalue weighted by molar-refractivity contribution is 5.95. The third-order valence-corrected chi connectivity index (χ3v) is 2.35. The number of nitrogens with two attached hydrogens (primary N) is 1. The molecule has 5 nitrogen and oxygen atoms in total. The maximum atomic E-state index is 11.6. The summed E-state index contributed by atoms with van der Waals surface area (Å²) >= 11 is 0. The number of anilines is 1. The highest BCUT2D eigenvalue weighted by atomic mass is 35.5. The topological polar surface area (TPSA) is 81.4 Å². The second kappa shape index (κ2) is 7.68. The number of methoxy groups -OCH3 is 1. The summed E-state index contributed by atoms with van der Waals surface area (Å²) < 4.78 is 4.59. The van der Waals surface area contributed by atoms with Crippen LogP contribution in [-0.4, -0.2) is 25.5 Å². The third kappa shape index (κ3) is 4.35. The summed E-state index contributed by atoms with van der Waals surface area (Å²) in [5.74, 6) is -0.876. The van der Waals surface area contributed by atoms with Gasteiger partial charge in [0.25, 0.3) is 0 Å². The monoisotopic (exact) mass is 272 g/mol. The maximum absolute atomic E-state index is 11.6. The summed E-state index contributed by atoms with van der Waals surface area (Å²) in [6, 6.07) is 6.56. The van der Waals surface area contributed by atoms with Gasteiger partial charge in [0, 0.05) is 18.2 Å². The zero-order chi connectivity index (χ0) is 12.8. The SMILES string of the molecule is COC(=O)c1cccc(NC(=O)C(C)CN)c1.Cl. The van der Waals surface area contributed by atoms with Crippen molar-refractivity contribution in [2.75, 3.05) is 19.0 Å². The van der Waals surface area contributed by atoms with Gasteiger partial charge in [-0.2, -0.15) is 0 Å². The van der Waals surface area contributed by atoms with Gasteiger partial charge >= 0.3 is 5.97 Å². The molecule has 0 heterocycles. The fourth-order valence-electron chi connectivity index (χ4n) is 1.21. The Morgan fingerprint density at radius 2 is 2.11 bits per heavy atom. The summed E-state index contributed by atoms with van der Waals surface area (Å²) in [6.07, 6.45) is 0. The van der Waals surface area contributed by atoms with Gasteiger partial charge in [0.15, 0.2) is 0 Å². The van der Waals surface area contributed by atoms with E-state index in [1.54, 1.807) is 31.2 Å². The number of ether oxygens (including phenoxy) is 1. The van der Waals surface area contributed by atoms with Crippen molar-refractivity contribution in [3.63, 3.8) is 0 Å². The first-order valence-electron chi connectivity index (χ1n) is 5.27. The molecule has 3 N–H and O–H groups in total. The number of hydrogen-bond acceptors (Lipinski definition) is 4. The molecule has 1 amide bonds. The summed E-state index contributed by atoms with van der Waals surface area (Å²) in [6.45, 7) is 2.02. The van der Waals surface area contributed by atoms with Crippen molar-refractivity contribution in [1.29, 1.82) is 0 Å². The Hall–Kier alpha value is -1.59. The Kier molecular flexibility index (Phi) is 7.00. The minimum Gasteiger partial charge on any atom is -0.465 e. The normalized spacial score (nSPS) is 11.1. The first-order chi connectivity index (χ1) is 8.08. The molecule has 0 aromatic heterocycles. The third-order valence-electron chi connectivity index (χ3n) is 2.35. The minimum absolute atomic E-state index is 0. The van der Waals surface area contributed by atoms with Gasteiger partial charge in [-0.1, -0.05) is 13.0 Å². The van der Waals surface area contributed by atoms with Crippen LogP contribution in [0.15, 0.2) is 24.3 Å². The van der Waals surface area contributed by atoms with Crippen LogP contribution in [0.2, 0.25) is 0 Å². The number of hydrogen-bond donors (Lipinski definition) is 2. The van der Waals surface area contributed by atoms with Crippen molar-refractivity contribution in [3.05, 3.63) is 29.8 Å². The molecule has 0 aliphatic carbocycles. The van der Waals surface area contributed by atoms with E-state index in [0.717, 1.165) is 0 Å². The number of carbonyl (C=O) groups is 2. The first kappa shape index (κ1) is 16.4. The number of nitrogens with one attached hydrogen (secondary N) is 1. The highest BCUT2D eigenvalue weighted by Crippen LogP contribution is 2.12. The number of amides is 1. The van der Waals surface area contributed by atoms with Crippen LogP contribution in [-0.2, 0) is 9.53 Å². The fourth-order valence-corrected chi connectivity index (χ4v) is 1.21. The summed E-state index contributed by atoms with van der Waals surface area (Å²) in [7, 11) is 1.31. The summed E-state index contributed by atoms with van der Waals surface area (Å²) in [5.41, 5.74) is 6.34. The molecule has 1 rings (SSSR count). The Balaban J connectivity index is 0.00000289. The molecule has 1 atom stereocenters. The summed E-state index contributed by atoms with van der Waals surface area (Å²) in [5, 5.41) is 2.69. The molecule has 0 saturated heterocycles. The maximum Gasteiger partial charge on any atom is 0.337 e. The highest BCUT2D eigenvalue weighted by Gasteiger charge is 2.12. The van der Waals surface area contributed by atoms with Crippen LogP contribution in [0.3, 0.4) is 0 Å². The van der Waals surface area contributed by atoms with Crippen LogP contribution in [0.25, 0.3) is 0 Å². The van der Waals surface area contributed by atoms with Gasteiger partial charge in [-0.05, 0) is 18.2 Å². The smallest absolute Gasteiger partial charge is 0.337 e. The number of halogens is 1. The quantitative estimate of drug-likeness (QED) is 0.813. The number of esters is 1. The second-order valence-electron chi connectivity index (χ2n) is 3.70. The first-order valence-corrected chi connectivity index (χ1v) is 5.27. The van der Waals surface area contributed by atoms with E-state index < -0.39 is 5.97 Å². The van der Waals surface area contributed by atoms with E-state index >= 15 is 0 Å². The van der Waals surface area contributed by atoms with Crippen LogP contribution in [0.1, 0.15) is 17.3 Å². The molecule has 1 aromatic rings. The molecule has 1 unspecified atom stereocenters. The van der Waals surface area contributed by atoms with Crippen molar-refractivity contribution in [2.45, 2.75) is 6.92 Å². The van der Waals surface area contributed by atoms with E-state index in [4.69, 9.17) is 5.73 Å². The second-order valence-corrected chi connectivity index (χ2v) is 3.70. The van der Waals surface area contributed by atoms with E-state index in [0.29, 0.717) is 11.3 Å². The number of benzene rings is 1. The molecule has 0 radical (unpaired) electrons. The average molecular weight is 273 g/mol. The predicted octanol–water partition coefficient (Wildman–Crippen LogP) is 1.43. The van der Waals surface area contributed by atoms with Gasteiger partial charge in [0.1, 0.15) is 0 Å². The molecule has 0 aliphatic rings. The van der Waals surface area contributed by atoms with Crippen LogP contribution in [0.5, 0.6) is 0 Å². The average Bonchev–Trinajstić information content (AvgIpc) is 2.37. The van der Waals surface area contributed by atoms with Crippen molar-refractivity contribution in [1.82, 2.24) is 0 Å². The molecule has 18 heavy (non-hydrogen) atoms. The number of carbonyl (C=O) groups excluding carboxylic acids is 2. The zero-order valence-corrected chi connectivity index (χ0v) is 11.1. The molecular weight excluding hydrogens is 256 g/mol. The number of rotatable bonds is 4. The Bertz CT molecular complexity index is 424. The fraction of sp³-hybridized carbons (Fsp3) is 0.333. The van der Waals surface area contributed by atoms with Crippen molar-refractivity contribution >= 4 is 30.0 Å². The molecule has 0 saturated carbocycles. The van der Waals surface area contributed by atoms with Gasteiger partial charge in [-0.15, -0.1) is 12.4 Å². The minimum atomic E-state index is -0.437. The molecule has 100 valence electrons. The zero-order valence-electron chi connectivity index (χ0n) is 10.3. The van der Waals surface area contributed by atoms with Crippen molar-refractivity contribution < 1.29 is 14.3 Å². The van der Waals surface area contributed by atoms with Gasteiger partial charge in [-0.3, -0.25) is 4.79 Å². The Labute approximate surface area is 112 Å². The van der Waals surface area contributed by atoms with Gasteiger partial charge in [0.05, 0.1) is 12.7 Å². The lowest BCUT2D eigenvalue weighted by atomic mass is 10.1. The van der Waals surface area contributed by atoms with E-state index in [-0.39, 0.29) is 30.8 Å². The van der Waals surface area contributed by atoms with Crippen LogP contribution in [0.4, 0.5) is 5.69 Å². The van der Waals surface area contributed by atoms with Gasteiger partial charge < -0.3 is 15.8 Å². The van der Waals surface area contributed by atoms with Crippen LogP contribution < -0.4 is 11.1 Å². The van der Waals surface area contributed by atoms with E-state index in [2.05, 4.69) is 10.1 Å². The molecule has 1 aromatic carbocycles. The Morgan fingerprint density at radius 1 is 1.44 bits per heavy atom. The summed E-state index contributed by atoms with van der Waals surface area (Å²) in [4.78, 5) is 22.9. The van der Waals surface area contributed by atoms with Gasteiger partial charge in [0.2, 0.25) is 5.91 Å². The van der Waals surface area contributed by atoms with E-state index in [1.807, 2.05) is 0 Å². The van der Waals surface area contributed by atoms with Gasteiger partial charge in [-0.25, -0.2) is 4.79 Å². The van der Waals surface area contributed by atoms with E-state index in [1.165, 1.54) is 7.11 Å². The van der Waals surface area contributed by atoms with Crippen LogP contribution in [0, 0.1) is 5.92 Å². The molecular formula is C12H17ClN2O3. The lowest BCUT2D eigenvalue weighted by Crippen LogP contribution is -2.26.